The molecule has 0 rings (SSSR count). The number of carbonyl (C=O) groups excluding carboxylic acids is 1. The fourth-order valence-electron chi connectivity index (χ4n) is 0.657. The second-order valence-electron chi connectivity index (χ2n) is 3.01. The van der Waals surface area contributed by atoms with Crippen LogP contribution in [0.5, 0.6) is 0 Å². The maximum Gasteiger partial charge on any atom is 0.214 e. The minimum atomic E-state index is 0.186. The van der Waals surface area contributed by atoms with Gasteiger partial charge in [0.25, 0.3) is 0 Å². The van der Waals surface area contributed by atoms with Gasteiger partial charge in [0.1, 0.15) is 0 Å². The predicted octanol–water partition coefficient (Wildman–Crippen LogP) is 2.87. The molecular weight excluding hydrogens is 156 g/mol. The van der Waals surface area contributed by atoms with Crippen molar-refractivity contribution in [1.82, 2.24) is 0 Å². The van der Waals surface area contributed by atoms with Gasteiger partial charge in [-0.3, -0.25) is 4.79 Å². The van der Waals surface area contributed by atoms with Gasteiger partial charge in [0.15, 0.2) is 0 Å². The van der Waals surface area contributed by atoms with Crippen molar-refractivity contribution in [3.63, 3.8) is 0 Å². The normalized spacial score (nSPS) is 12.3. The first-order chi connectivity index (χ1) is 5.07. The smallest absolute Gasteiger partial charge is 0.214 e. The van der Waals surface area contributed by atoms with E-state index < -0.39 is 0 Å². The summed E-state index contributed by atoms with van der Waals surface area (Å²) < 4.78 is 0. The summed E-state index contributed by atoms with van der Waals surface area (Å²) in [5.41, 5.74) is 0.881. The Hall–Kier alpha value is -0.240. The third-order valence-corrected chi connectivity index (χ3v) is 2.10. The molecule has 0 saturated heterocycles. The van der Waals surface area contributed by atoms with Gasteiger partial charge < -0.3 is 0 Å². The highest BCUT2D eigenvalue weighted by Gasteiger charge is 2.00. The van der Waals surface area contributed by atoms with E-state index in [0.29, 0.717) is 5.92 Å². The summed E-state index contributed by atoms with van der Waals surface area (Å²) in [7, 11) is 0. The minimum Gasteiger partial charge on any atom is -0.282 e. The van der Waals surface area contributed by atoms with Crippen LogP contribution in [0, 0.1) is 5.92 Å². The average molecular weight is 172 g/mol. The lowest BCUT2D eigenvalue weighted by atomic mass is 10.1. The van der Waals surface area contributed by atoms with Crippen LogP contribution in [0.2, 0.25) is 0 Å². The molecule has 0 saturated carbocycles. The molecule has 0 aromatic heterocycles. The van der Waals surface area contributed by atoms with Gasteiger partial charge in [-0.25, -0.2) is 0 Å². The topological polar surface area (TPSA) is 17.1 Å². The van der Waals surface area contributed by atoms with Crippen molar-refractivity contribution in [1.29, 1.82) is 0 Å². The highest BCUT2D eigenvalue weighted by Crippen LogP contribution is 2.09. The third-order valence-electron chi connectivity index (χ3n) is 1.40. The first-order valence-electron chi connectivity index (χ1n) is 3.83. The zero-order valence-electron chi connectivity index (χ0n) is 7.68. The minimum absolute atomic E-state index is 0.186. The molecule has 1 nitrogen and oxygen atoms in total. The Bertz CT molecular complexity index is 159. The van der Waals surface area contributed by atoms with Crippen LogP contribution < -0.4 is 0 Å². The fraction of sp³-hybridized carbons (Fsp3) is 0.667. The maximum atomic E-state index is 11.0. The summed E-state index contributed by atoms with van der Waals surface area (Å²) in [5, 5.41) is 0.186. The van der Waals surface area contributed by atoms with Crippen LogP contribution in [-0.2, 0) is 4.79 Å². The first-order valence-corrected chi connectivity index (χ1v) is 5.05. The van der Waals surface area contributed by atoms with E-state index in [4.69, 9.17) is 0 Å². The van der Waals surface area contributed by atoms with Gasteiger partial charge in [0.05, 0.1) is 0 Å². The Balaban J connectivity index is 3.90. The van der Waals surface area contributed by atoms with Crippen LogP contribution >= 0.6 is 11.8 Å². The zero-order valence-corrected chi connectivity index (χ0v) is 8.49. The lowest BCUT2D eigenvalue weighted by Crippen LogP contribution is -1.93. The van der Waals surface area contributed by atoms with Crippen molar-refractivity contribution in [2.24, 2.45) is 5.92 Å². The van der Waals surface area contributed by atoms with Crippen molar-refractivity contribution in [2.75, 3.05) is 6.26 Å². The van der Waals surface area contributed by atoms with E-state index in [1.54, 1.807) is 0 Å². The average Bonchev–Trinajstić information content (AvgIpc) is 1.98. The van der Waals surface area contributed by atoms with Gasteiger partial charge in [-0.1, -0.05) is 31.7 Å². The molecule has 0 aliphatic heterocycles. The van der Waals surface area contributed by atoms with Crippen molar-refractivity contribution in [2.45, 2.75) is 27.2 Å². The molecule has 0 spiro atoms. The van der Waals surface area contributed by atoms with Crippen LogP contribution in [0.1, 0.15) is 27.2 Å². The van der Waals surface area contributed by atoms with Crippen molar-refractivity contribution in [3.05, 3.63) is 11.6 Å². The van der Waals surface area contributed by atoms with Crippen LogP contribution in [0.15, 0.2) is 11.6 Å². The summed E-state index contributed by atoms with van der Waals surface area (Å²) >= 11 is 1.28. The number of rotatable bonds is 3. The fourth-order valence-corrected chi connectivity index (χ4v) is 1.06. The molecule has 0 fully saturated rings. The molecule has 64 valence electrons. The Kier molecular flexibility index (Phi) is 5.30. The number of thioether (sulfide) groups is 1. The van der Waals surface area contributed by atoms with Gasteiger partial charge >= 0.3 is 0 Å². The van der Waals surface area contributed by atoms with Crippen LogP contribution in [0.3, 0.4) is 0 Å². The van der Waals surface area contributed by atoms with Crippen LogP contribution in [0.25, 0.3) is 0 Å². The SMILES string of the molecule is CSC(=O)/C(C)=C/CC(C)C. The highest BCUT2D eigenvalue weighted by atomic mass is 32.2. The van der Waals surface area contributed by atoms with E-state index in [0.717, 1.165) is 12.0 Å². The summed E-state index contributed by atoms with van der Waals surface area (Å²) in [4.78, 5) is 11.0. The highest BCUT2D eigenvalue weighted by molar-refractivity contribution is 8.13. The molecule has 2 heteroatoms. The molecule has 11 heavy (non-hydrogen) atoms. The zero-order chi connectivity index (χ0) is 8.85. The van der Waals surface area contributed by atoms with Crippen molar-refractivity contribution in [3.8, 4) is 0 Å². The molecule has 0 amide bonds. The molecule has 0 radical (unpaired) electrons. The van der Waals surface area contributed by atoms with E-state index in [-0.39, 0.29) is 5.12 Å². The molecule has 0 heterocycles. The molecule has 0 unspecified atom stereocenters. The largest absolute Gasteiger partial charge is 0.282 e. The molecule has 0 atom stereocenters. The van der Waals surface area contributed by atoms with Gasteiger partial charge in [-0.05, 0) is 31.1 Å². The molecule has 0 aliphatic rings. The molecule has 0 N–H and O–H groups in total. The van der Waals surface area contributed by atoms with Gasteiger partial charge in [-0.15, -0.1) is 0 Å². The summed E-state index contributed by atoms with van der Waals surface area (Å²) in [6.07, 6.45) is 4.83. The Labute approximate surface area is 73.3 Å². The second kappa shape index (κ2) is 5.42. The van der Waals surface area contributed by atoms with Crippen LogP contribution in [0.4, 0.5) is 0 Å². The van der Waals surface area contributed by atoms with E-state index in [2.05, 4.69) is 13.8 Å². The Morgan fingerprint density at radius 3 is 2.45 bits per heavy atom. The van der Waals surface area contributed by atoms with E-state index in [1.165, 1.54) is 11.8 Å². The standard InChI is InChI=1S/C9H16OS/c1-7(2)5-6-8(3)9(10)11-4/h6-7H,5H2,1-4H3/b8-6+. The lowest BCUT2D eigenvalue weighted by Gasteiger charge is -1.99. The number of allylic oxidation sites excluding steroid dienone is 1. The molecule has 0 bridgehead atoms. The van der Waals surface area contributed by atoms with Crippen LogP contribution in [-0.4, -0.2) is 11.4 Å². The summed E-state index contributed by atoms with van der Waals surface area (Å²) in [5.74, 6) is 0.639. The summed E-state index contributed by atoms with van der Waals surface area (Å²) in [6, 6.07) is 0. The van der Waals surface area contributed by atoms with E-state index in [9.17, 15) is 4.79 Å². The third kappa shape index (κ3) is 5.08. The maximum absolute atomic E-state index is 11.0. The second-order valence-corrected chi connectivity index (χ2v) is 3.79. The van der Waals surface area contributed by atoms with Gasteiger partial charge in [0.2, 0.25) is 5.12 Å². The van der Waals surface area contributed by atoms with Gasteiger partial charge in [-0.2, -0.15) is 0 Å². The monoisotopic (exact) mass is 172 g/mol. The Morgan fingerprint density at radius 2 is 2.09 bits per heavy atom. The predicted molar refractivity (Wildman–Crippen MR) is 51.7 cm³/mol. The quantitative estimate of drug-likeness (QED) is 0.609. The Morgan fingerprint density at radius 1 is 1.55 bits per heavy atom. The van der Waals surface area contributed by atoms with Crippen molar-refractivity contribution < 1.29 is 4.79 Å². The lowest BCUT2D eigenvalue weighted by molar-refractivity contribution is -0.107. The number of carbonyl (C=O) groups is 1. The molecule has 0 aliphatic carbocycles. The van der Waals surface area contributed by atoms with Gasteiger partial charge in [0, 0.05) is 0 Å². The first kappa shape index (κ1) is 10.8. The summed E-state index contributed by atoms with van der Waals surface area (Å²) in [6.45, 7) is 6.17. The van der Waals surface area contributed by atoms with E-state index in [1.807, 2.05) is 19.3 Å². The molecule has 0 aromatic rings. The number of hydrogen-bond acceptors (Lipinski definition) is 2. The van der Waals surface area contributed by atoms with Crippen molar-refractivity contribution >= 4 is 16.9 Å². The van der Waals surface area contributed by atoms with E-state index >= 15 is 0 Å². The molecular formula is C9H16OS. The number of hydrogen-bond donors (Lipinski definition) is 0. The molecule has 0 aromatic carbocycles.